The van der Waals surface area contributed by atoms with Crippen LogP contribution < -0.4 is 0 Å². The number of rotatable bonds is 2. The van der Waals surface area contributed by atoms with Crippen molar-refractivity contribution in [1.29, 1.82) is 0 Å². The van der Waals surface area contributed by atoms with Gasteiger partial charge in [-0.05, 0) is 55.6 Å². The molecule has 1 saturated heterocycles. The molecule has 0 N–H and O–H groups in total. The van der Waals surface area contributed by atoms with Crippen LogP contribution in [0.1, 0.15) is 48.6 Å². The molecule has 0 amide bonds. The van der Waals surface area contributed by atoms with Crippen LogP contribution in [0, 0.1) is 5.92 Å². The Bertz CT molecular complexity index is 398. The first-order valence-electron chi connectivity index (χ1n) is 7.18. The third kappa shape index (κ3) is 2.57. The van der Waals surface area contributed by atoms with E-state index in [1.807, 2.05) is 0 Å². The van der Waals surface area contributed by atoms with Gasteiger partial charge in [-0.15, -0.1) is 11.6 Å². The summed E-state index contributed by atoms with van der Waals surface area (Å²) in [5.41, 5.74) is 2.81. The molecular formula is C16H21ClO. The molecule has 0 saturated carbocycles. The molecule has 1 nitrogen and oxygen atoms in total. The molecule has 98 valence electrons. The van der Waals surface area contributed by atoms with Crippen LogP contribution in [0.3, 0.4) is 0 Å². The number of hydrogen-bond acceptors (Lipinski definition) is 1. The Morgan fingerprint density at radius 1 is 1.17 bits per heavy atom. The summed E-state index contributed by atoms with van der Waals surface area (Å²) >= 11 is 6.74. The summed E-state index contributed by atoms with van der Waals surface area (Å²) in [6.07, 6.45) is 7.73. The molecule has 0 bridgehead atoms. The lowest BCUT2D eigenvalue weighted by Crippen LogP contribution is -2.16. The Hall–Kier alpha value is -0.530. The molecule has 1 aliphatic carbocycles. The second kappa shape index (κ2) is 5.63. The largest absolute Gasteiger partial charge is 0.378 e. The first-order chi connectivity index (χ1) is 8.84. The Morgan fingerprint density at radius 3 is 2.89 bits per heavy atom. The van der Waals surface area contributed by atoms with Crippen LogP contribution in [0.15, 0.2) is 24.3 Å². The molecule has 2 aliphatic rings. The fourth-order valence-corrected chi connectivity index (χ4v) is 3.83. The summed E-state index contributed by atoms with van der Waals surface area (Å²) in [6, 6.07) is 8.69. The smallest absolute Gasteiger partial charge is 0.0617 e. The van der Waals surface area contributed by atoms with Gasteiger partial charge in [0, 0.05) is 6.61 Å². The van der Waals surface area contributed by atoms with Gasteiger partial charge in [0.05, 0.1) is 11.5 Å². The highest BCUT2D eigenvalue weighted by Gasteiger charge is 2.29. The number of halogens is 1. The first kappa shape index (κ1) is 12.5. The summed E-state index contributed by atoms with van der Waals surface area (Å²) in [5.74, 6) is 0.582. The SMILES string of the molecule is ClC1c2ccccc2CCCC1CC1CCCO1. The predicted molar refractivity (Wildman–Crippen MR) is 75.1 cm³/mol. The molecule has 1 aliphatic heterocycles. The Balaban J connectivity index is 1.76. The minimum Gasteiger partial charge on any atom is -0.378 e. The molecular weight excluding hydrogens is 244 g/mol. The third-order valence-corrected chi connectivity index (χ3v) is 4.97. The molecule has 3 atom stereocenters. The number of hydrogen-bond donors (Lipinski definition) is 0. The predicted octanol–water partition coefficient (Wildman–Crippen LogP) is 4.49. The highest BCUT2D eigenvalue weighted by molar-refractivity contribution is 6.21. The number of benzene rings is 1. The van der Waals surface area contributed by atoms with Crippen molar-refractivity contribution < 1.29 is 4.74 Å². The van der Waals surface area contributed by atoms with Crippen molar-refractivity contribution in [1.82, 2.24) is 0 Å². The van der Waals surface area contributed by atoms with E-state index in [9.17, 15) is 0 Å². The molecule has 0 spiro atoms. The van der Waals surface area contributed by atoms with E-state index in [1.54, 1.807) is 0 Å². The summed E-state index contributed by atoms with van der Waals surface area (Å²) in [5, 5.41) is 0.174. The van der Waals surface area contributed by atoms with Crippen molar-refractivity contribution in [2.45, 2.75) is 50.0 Å². The number of alkyl halides is 1. The molecule has 1 heterocycles. The normalized spacial score (nSPS) is 31.9. The van der Waals surface area contributed by atoms with Gasteiger partial charge in [-0.1, -0.05) is 24.3 Å². The fraction of sp³-hybridized carbons (Fsp3) is 0.625. The van der Waals surface area contributed by atoms with E-state index >= 15 is 0 Å². The van der Waals surface area contributed by atoms with E-state index in [2.05, 4.69) is 24.3 Å². The van der Waals surface area contributed by atoms with Gasteiger partial charge in [0.25, 0.3) is 0 Å². The van der Waals surface area contributed by atoms with Crippen LogP contribution >= 0.6 is 11.6 Å². The monoisotopic (exact) mass is 264 g/mol. The highest BCUT2D eigenvalue weighted by Crippen LogP contribution is 2.41. The third-order valence-electron chi connectivity index (χ3n) is 4.38. The van der Waals surface area contributed by atoms with E-state index < -0.39 is 0 Å². The van der Waals surface area contributed by atoms with Crippen LogP contribution in [0.2, 0.25) is 0 Å². The maximum absolute atomic E-state index is 6.74. The van der Waals surface area contributed by atoms with Crippen molar-refractivity contribution in [3.63, 3.8) is 0 Å². The zero-order valence-electron chi connectivity index (χ0n) is 10.8. The zero-order valence-corrected chi connectivity index (χ0v) is 11.5. The standard InChI is InChI=1S/C16H21ClO/c17-16-13(11-14-8-4-10-18-14)7-3-6-12-5-1-2-9-15(12)16/h1-2,5,9,13-14,16H,3-4,6-8,10-11H2. The van der Waals surface area contributed by atoms with Crippen molar-refractivity contribution in [3.05, 3.63) is 35.4 Å². The lowest BCUT2D eigenvalue weighted by Gasteiger charge is -2.23. The number of fused-ring (bicyclic) bond motifs is 1. The number of ether oxygens (including phenoxy) is 1. The van der Waals surface area contributed by atoms with E-state index in [1.165, 1.54) is 43.2 Å². The van der Waals surface area contributed by atoms with Gasteiger partial charge in [0.1, 0.15) is 0 Å². The lowest BCUT2D eigenvalue weighted by atomic mass is 9.90. The van der Waals surface area contributed by atoms with Gasteiger partial charge in [0.15, 0.2) is 0 Å². The first-order valence-corrected chi connectivity index (χ1v) is 7.61. The van der Waals surface area contributed by atoms with E-state index in [4.69, 9.17) is 16.3 Å². The van der Waals surface area contributed by atoms with Gasteiger partial charge in [0.2, 0.25) is 0 Å². The summed E-state index contributed by atoms with van der Waals surface area (Å²) < 4.78 is 5.77. The summed E-state index contributed by atoms with van der Waals surface area (Å²) in [7, 11) is 0. The Labute approximate surface area is 114 Å². The molecule has 3 unspecified atom stereocenters. The average molecular weight is 265 g/mol. The van der Waals surface area contributed by atoms with Gasteiger partial charge < -0.3 is 4.74 Å². The number of aryl methyl sites for hydroxylation is 1. The molecule has 3 rings (SSSR count). The molecule has 1 aromatic rings. The van der Waals surface area contributed by atoms with Crippen LogP contribution in [-0.4, -0.2) is 12.7 Å². The molecule has 0 aromatic heterocycles. The van der Waals surface area contributed by atoms with Crippen LogP contribution in [0.25, 0.3) is 0 Å². The molecule has 1 fully saturated rings. The van der Waals surface area contributed by atoms with Gasteiger partial charge in [-0.3, -0.25) is 0 Å². The Kier molecular flexibility index (Phi) is 3.91. The summed E-state index contributed by atoms with van der Waals surface area (Å²) in [4.78, 5) is 0. The van der Waals surface area contributed by atoms with Gasteiger partial charge in [-0.2, -0.15) is 0 Å². The van der Waals surface area contributed by atoms with Crippen LogP contribution in [-0.2, 0) is 11.2 Å². The Morgan fingerprint density at radius 2 is 2.06 bits per heavy atom. The summed E-state index contributed by atoms with van der Waals surface area (Å²) in [6.45, 7) is 0.945. The maximum atomic E-state index is 6.74. The topological polar surface area (TPSA) is 9.23 Å². The lowest BCUT2D eigenvalue weighted by molar-refractivity contribution is 0.0874. The quantitative estimate of drug-likeness (QED) is 0.565. The molecule has 0 radical (unpaired) electrons. The minimum absolute atomic E-state index is 0.174. The molecule has 1 aromatic carbocycles. The van der Waals surface area contributed by atoms with Gasteiger partial charge >= 0.3 is 0 Å². The second-order valence-electron chi connectivity index (χ2n) is 5.62. The fourth-order valence-electron chi connectivity index (χ4n) is 3.39. The highest BCUT2D eigenvalue weighted by atomic mass is 35.5. The van der Waals surface area contributed by atoms with E-state index in [0.29, 0.717) is 12.0 Å². The van der Waals surface area contributed by atoms with Crippen molar-refractivity contribution >= 4 is 11.6 Å². The second-order valence-corrected chi connectivity index (χ2v) is 6.09. The van der Waals surface area contributed by atoms with E-state index in [-0.39, 0.29) is 5.38 Å². The van der Waals surface area contributed by atoms with Crippen LogP contribution in [0.4, 0.5) is 0 Å². The maximum Gasteiger partial charge on any atom is 0.0617 e. The van der Waals surface area contributed by atoms with Crippen molar-refractivity contribution in [2.24, 2.45) is 5.92 Å². The molecule has 2 heteroatoms. The minimum atomic E-state index is 0.174. The van der Waals surface area contributed by atoms with Crippen molar-refractivity contribution in [2.75, 3.05) is 6.61 Å². The van der Waals surface area contributed by atoms with Crippen LogP contribution in [0.5, 0.6) is 0 Å². The zero-order chi connectivity index (χ0) is 12.4. The van der Waals surface area contributed by atoms with Gasteiger partial charge in [-0.25, -0.2) is 0 Å². The van der Waals surface area contributed by atoms with E-state index in [0.717, 1.165) is 13.0 Å². The average Bonchev–Trinajstić information content (AvgIpc) is 2.85. The molecule has 18 heavy (non-hydrogen) atoms. The van der Waals surface area contributed by atoms with Crippen molar-refractivity contribution in [3.8, 4) is 0 Å².